The number of ether oxygens (including phenoxy) is 1. The molecule has 10 nitrogen and oxygen atoms in total. The molecule has 0 spiro atoms. The predicted molar refractivity (Wildman–Crippen MR) is 148 cm³/mol. The summed E-state index contributed by atoms with van der Waals surface area (Å²) >= 11 is 0. The molecule has 0 aliphatic carbocycles. The van der Waals surface area contributed by atoms with Gasteiger partial charge < -0.3 is 25.2 Å². The molecule has 10 heteroatoms. The molecule has 1 aliphatic heterocycles. The molecular formula is C28H36N8O2. The number of hydrogen-bond acceptors (Lipinski definition) is 8. The highest BCUT2D eigenvalue weighted by Crippen LogP contribution is 2.35. The molecule has 0 bridgehead atoms. The van der Waals surface area contributed by atoms with Gasteiger partial charge in [0.15, 0.2) is 5.82 Å². The molecular weight excluding hydrogens is 480 g/mol. The smallest absolute Gasteiger partial charge is 0.223 e. The van der Waals surface area contributed by atoms with Gasteiger partial charge in [0.05, 0.1) is 12.1 Å². The summed E-state index contributed by atoms with van der Waals surface area (Å²) in [6.45, 7) is 4.95. The summed E-state index contributed by atoms with van der Waals surface area (Å²) in [5.74, 6) is 2.91. The maximum atomic E-state index is 12.6. The minimum Gasteiger partial charge on any atom is -0.492 e. The van der Waals surface area contributed by atoms with Gasteiger partial charge in [0, 0.05) is 37.8 Å². The Morgan fingerprint density at radius 2 is 1.97 bits per heavy atom. The van der Waals surface area contributed by atoms with Gasteiger partial charge in [0.2, 0.25) is 5.91 Å². The zero-order valence-electron chi connectivity index (χ0n) is 22.3. The van der Waals surface area contributed by atoms with Gasteiger partial charge in [0.1, 0.15) is 30.1 Å². The van der Waals surface area contributed by atoms with Crippen molar-refractivity contribution in [3.63, 3.8) is 0 Å². The number of rotatable bonds is 11. The molecule has 1 fully saturated rings. The average Bonchev–Trinajstić information content (AvgIpc) is 3.34. The van der Waals surface area contributed by atoms with Gasteiger partial charge >= 0.3 is 0 Å². The van der Waals surface area contributed by atoms with E-state index in [2.05, 4.69) is 26.9 Å². The van der Waals surface area contributed by atoms with Crippen molar-refractivity contribution >= 4 is 23.4 Å². The monoisotopic (exact) mass is 516 g/mol. The lowest BCUT2D eigenvalue weighted by Crippen LogP contribution is -2.39. The van der Waals surface area contributed by atoms with Crippen LogP contribution in [0.4, 0.5) is 17.5 Å². The summed E-state index contributed by atoms with van der Waals surface area (Å²) in [7, 11) is 3.95. The number of anilines is 3. The maximum absolute atomic E-state index is 12.6. The molecule has 1 aliphatic rings. The van der Waals surface area contributed by atoms with Crippen LogP contribution in [0.3, 0.4) is 0 Å². The Hall–Kier alpha value is -4.10. The van der Waals surface area contributed by atoms with Gasteiger partial charge in [-0.25, -0.2) is 4.98 Å². The number of carbonyl (C=O) groups is 1. The van der Waals surface area contributed by atoms with Crippen LogP contribution in [0.1, 0.15) is 42.0 Å². The molecule has 200 valence electrons. The number of carbonyl (C=O) groups excluding carboxylic acids is 1. The second kappa shape index (κ2) is 12.9. The number of pyridine rings is 1. The van der Waals surface area contributed by atoms with Gasteiger partial charge in [-0.3, -0.25) is 9.89 Å². The van der Waals surface area contributed by atoms with Crippen molar-refractivity contribution in [1.29, 1.82) is 5.26 Å². The number of nitrogens with zero attached hydrogens (tertiary/aromatic N) is 5. The second-order valence-electron chi connectivity index (χ2n) is 9.79. The molecule has 3 N–H and O–H groups in total. The van der Waals surface area contributed by atoms with Crippen LogP contribution in [-0.2, 0) is 4.79 Å². The van der Waals surface area contributed by atoms with Crippen molar-refractivity contribution in [2.45, 2.75) is 32.1 Å². The summed E-state index contributed by atoms with van der Waals surface area (Å²) in [6, 6.07) is 15.8. The summed E-state index contributed by atoms with van der Waals surface area (Å²) in [6.07, 6.45) is 2.11. The van der Waals surface area contributed by atoms with E-state index in [1.165, 1.54) is 0 Å². The van der Waals surface area contributed by atoms with E-state index in [1.54, 1.807) is 0 Å². The molecule has 0 unspecified atom stereocenters. The number of aromatic amines is 1. The van der Waals surface area contributed by atoms with Gasteiger partial charge in [-0.2, -0.15) is 10.4 Å². The lowest BCUT2D eigenvalue weighted by molar-refractivity contribution is -0.132. The third-order valence-electron chi connectivity index (χ3n) is 6.59. The van der Waals surface area contributed by atoms with Crippen LogP contribution in [0.25, 0.3) is 0 Å². The zero-order chi connectivity index (χ0) is 26.9. The topological polar surface area (TPSA) is 122 Å². The van der Waals surface area contributed by atoms with E-state index < -0.39 is 0 Å². The van der Waals surface area contributed by atoms with Gasteiger partial charge in [-0.1, -0.05) is 18.2 Å². The average molecular weight is 517 g/mol. The number of aryl methyl sites for hydroxylation is 1. The van der Waals surface area contributed by atoms with Crippen molar-refractivity contribution in [1.82, 2.24) is 25.0 Å². The van der Waals surface area contributed by atoms with Crippen LogP contribution >= 0.6 is 0 Å². The molecule has 38 heavy (non-hydrogen) atoms. The third kappa shape index (κ3) is 7.23. The predicted octanol–water partition coefficient (Wildman–Crippen LogP) is 3.88. The summed E-state index contributed by atoms with van der Waals surface area (Å²) in [4.78, 5) is 21.3. The van der Waals surface area contributed by atoms with E-state index in [0.717, 1.165) is 36.4 Å². The number of amides is 1. The minimum atomic E-state index is 0.146. The summed E-state index contributed by atoms with van der Waals surface area (Å²) in [5, 5.41) is 23.9. The van der Waals surface area contributed by atoms with Crippen LogP contribution in [0.15, 0.2) is 42.5 Å². The molecule has 0 saturated carbocycles. The van der Waals surface area contributed by atoms with Crippen LogP contribution in [0.2, 0.25) is 0 Å². The number of likely N-dealkylation sites (tertiary alicyclic amines) is 1. The van der Waals surface area contributed by atoms with E-state index in [4.69, 9.17) is 9.72 Å². The van der Waals surface area contributed by atoms with E-state index in [9.17, 15) is 10.1 Å². The molecule has 2 aromatic heterocycles. The number of nitrogens with one attached hydrogen (secondary N) is 3. The molecule has 1 amide bonds. The molecule has 1 aromatic carbocycles. The Bertz CT molecular complexity index is 1240. The summed E-state index contributed by atoms with van der Waals surface area (Å²) < 4.78 is 5.80. The van der Waals surface area contributed by atoms with Gasteiger partial charge in [-0.15, -0.1) is 0 Å². The fraction of sp³-hybridized carbons (Fsp3) is 0.429. The number of para-hydroxylation sites is 1. The standard InChI is InChI=1S/C28H36N8O2/c1-20-17-26(34-33-20)31-25-18-23(21-9-14-36(15-10-21)27(37)11-13-35(2)3)24(19-29)28(32-25)30-12-16-38-22-7-5-4-6-8-22/h4-8,17-18,21H,9-16H2,1-3H3,(H3,30,31,32,33,34). The van der Waals surface area contributed by atoms with Crippen LogP contribution in [0.5, 0.6) is 5.75 Å². The Kier molecular flexibility index (Phi) is 9.16. The van der Waals surface area contributed by atoms with E-state index in [1.807, 2.05) is 73.3 Å². The maximum Gasteiger partial charge on any atom is 0.223 e. The molecule has 3 heterocycles. The first-order valence-electron chi connectivity index (χ1n) is 13.0. The van der Waals surface area contributed by atoms with Gasteiger partial charge in [0.25, 0.3) is 0 Å². The lowest BCUT2D eigenvalue weighted by atomic mass is 9.87. The van der Waals surface area contributed by atoms with E-state index in [-0.39, 0.29) is 11.8 Å². The van der Waals surface area contributed by atoms with Crippen molar-refractivity contribution in [2.24, 2.45) is 0 Å². The number of hydrogen-bond donors (Lipinski definition) is 3. The highest BCUT2D eigenvalue weighted by atomic mass is 16.5. The number of H-pyrrole nitrogens is 1. The SMILES string of the molecule is Cc1cc(Nc2cc(C3CCN(C(=O)CCN(C)C)CC3)c(C#N)c(NCCOc3ccccc3)n2)n[nH]1. The quantitative estimate of drug-likeness (QED) is 0.328. The highest BCUT2D eigenvalue weighted by Gasteiger charge is 2.27. The van der Waals surface area contributed by atoms with Crippen LogP contribution in [0, 0.1) is 18.3 Å². The van der Waals surface area contributed by atoms with Crippen LogP contribution in [-0.4, -0.2) is 77.8 Å². The molecule has 3 aromatic rings. The first-order valence-corrected chi connectivity index (χ1v) is 13.0. The summed E-state index contributed by atoms with van der Waals surface area (Å²) in [5.41, 5.74) is 2.40. The van der Waals surface area contributed by atoms with Gasteiger partial charge in [-0.05, 0) is 63.5 Å². The van der Waals surface area contributed by atoms with Crippen molar-refractivity contribution in [3.05, 3.63) is 59.3 Å². The molecule has 4 rings (SSSR count). The first kappa shape index (κ1) is 26.9. The zero-order valence-corrected chi connectivity index (χ0v) is 22.3. The number of nitriles is 1. The Balaban J connectivity index is 1.50. The van der Waals surface area contributed by atoms with Crippen molar-refractivity contribution < 1.29 is 9.53 Å². The highest BCUT2D eigenvalue weighted by molar-refractivity contribution is 5.76. The van der Waals surface area contributed by atoms with E-state index in [0.29, 0.717) is 55.7 Å². The number of aromatic nitrogens is 3. The number of piperidine rings is 1. The second-order valence-corrected chi connectivity index (χ2v) is 9.79. The molecule has 0 atom stereocenters. The third-order valence-corrected chi connectivity index (χ3v) is 6.59. The fourth-order valence-electron chi connectivity index (χ4n) is 4.58. The number of benzene rings is 1. The Morgan fingerprint density at radius 3 is 2.63 bits per heavy atom. The molecule has 1 saturated heterocycles. The normalized spacial score (nSPS) is 13.8. The first-order chi connectivity index (χ1) is 18.4. The lowest BCUT2D eigenvalue weighted by Gasteiger charge is -2.33. The fourth-order valence-corrected chi connectivity index (χ4v) is 4.58. The minimum absolute atomic E-state index is 0.146. The van der Waals surface area contributed by atoms with Crippen molar-refractivity contribution in [2.75, 3.05) is 57.5 Å². The van der Waals surface area contributed by atoms with E-state index >= 15 is 0 Å². The van der Waals surface area contributed by atoms with Crippen LogP contribution < -0.4 is 15.4 Å². The Morgan fingerprint density at radius 1 is 1.21 bits per heavy atom. The Labute approximate surface area is 224 Å². The van der Waals surface area contributed by atoms with Crippen molar-refractivity contribution in [3.8, 4) is 11.8 Å². The molecule has 0 radical (unpaired) electrons. The largest absolute Gasteiger partial charge is 0.492 e.